The summed E-state index contributed by atoms with van der Waals surface area (Å²) in [6.07, 6.45) is 4.09. The Kier molecular flexibility index (Phi) is 3.56. The minimum Gasteiger partial charge on any atom is -0.477 e. The van der Waals surface area contributed by atoms with Gasteiger partial charge in [-0.1, -0.05) is 0 Å². The van der Waals surface area contributed by atoms with Crippen molar-refractivity contribution in [3.63, 3.8) is 0 Å². The highest BCUT2D eigenvalue weighted by atomic mass is 19.1. The van der Waals surface area contributed by atoms with Crippen molar-refractivity contribution in [2.75, 3.05) is 11.4 Å². The number of aromatic nitrogens is 4. The van der Waals surface area contributed by atoms with E-state index in [-0.39, 0.29) is 17.3 Å². The quantitative estimate of drug-likeness (QED) is 0.785. The van der Waals surface area contributed by atoms with E-state index < -0.39 is 17.6 Å². The van der Waals surface area contributed by atoms with Crippen LogP contribution in [0.4, 0.5) is 14.7 Å². The van der Waals surface area contributed by atoms with Gasteiger partial charge in [0.05, 0.1) is 12.2 Å². The molecule has 128 valence electrons. The van der Waals surface area contributed by atoms with E-state index in [2.05, 4.69) is 15.1 Å². The highest BCUT2D eigenvalue weighted by molar-refractivity contribution is 5.94. The summed E-state index contributed by atoms with van der Waals surface area (Å²) in [5.74, 6) is -2.10. The zero-order valence-electron chi connectivity index (χ0n) is 12.9. The Morgan fingerprint density at radius 1 is 1.24 bits per heavy atom. The third-order valence-electron chi connectivity index (χ3n) is 4.27. The van der Waals surface area contributed by atoms with Crippen LogP contribution in [0.5, 0.6) is 0 Å². The van der Waals surface area contributed by atoms with E-state index in [0.29, 0.717) is 24.5 Å². The van der Waals surface area contributed by atoms with Crippen LogP contribution in [0, 0.1) is 11.6 Å². The van der Waals surface area contributed by atoms with Gasteiger partial charge >= 0.3 is 5.97 Å². The maximum Gasteiger partial charge on any atom is 0.341 e. The van der Waals surface area contributed by atoms with Crippen LogP contribution in [0.1, 0.15) is 34.8 Å². The standard InChI is InChI=1S/C16H13F2N5O2/c17-10-4-9(5-11(18)6-10)13-2-1-3-22(13)16-19-8-23-14(21-16)12(7-20-23)15(24)25/h4-8,13H,1-3H2,(H,24,25). The van der Waals surface area contributed by atoms with Crippen LogP contribution in [-0.4, -0.2) is 37.2 Å². The van der Waals surface area contributed by atoms with Crippen LogP contribution >= 0.6 is 0 Å². The molecule has 25 heavy (non-hydrogen) atoms. The third kappa shape index (κ3) is 2.67. The highest BCUT2D eigenvalue weighted by Gasteiger charge is 2.29. The molecule has 0 radical (unpaired) electrons. The normalized spacial score (nSPS) is 17.4. The van der Waals surface area contributed by atoms with Gasteiger partial charge in [-0.15, -0.1) is 0 Å². The van der Waals surface area contributed by atoms with Gasteiger partial charge in [-0.3, -0.25) is 0 Å². The van der Waals surface area contributed by atoms with Gasteiger partial charge in [0.15, 0.2) is 5.65 Å². The summed E-state index contributed by atoms with van der Waals surface area (Å²) in [5.41, 5.74) is 0.648. The van der Waals surface area contributed by atoms with Crippen molar-refractivity contribution in [3.05, 3.63) is 53.5 Å². The fourth-order valence-electron chi connectivity index (χ4n) is 3.19. The molecular formula is C16H13F2N5O2. The van der Waals surface area contributed by atoms with Crippen molar-refractivity contribution in [3.8, 4) is 0 Å². The fourth-order valence-corrected chi connectivity index (χ4v) is 3.19. The molecule has 1 unspecified atom stereocenters. The zero-order valence-corrected chi connectivity index (χ0v) is 12.9. The summed E-state index contributed by atoms with van der Waals surface area (Å²) in [6.45, 7) is 0.607. The zero-order chi connectivity index (χ0) is 17.6. The van der Waals surface area contributed by atoms with Gasteiger partial charge in [-0.25, -0.2) is 23.1 Å². The van der Waals surface area contributed by atoms with Crippen molar-refractivity contribution < 1.29 is 18.7 Å². The van der Waals surface area contributed by atoms with Crippen LogP contribution in [0.2, 0.25) is 0 Å². The lowest BCUT2D eigenvalue weighted by Gasteiger charge is -2.25. The molecule has 0 aliphatic carbocycles. The average Bonchev–Trinajstić information content (AvgIpc) is 3.20. The van der Waals surface area contributed by atoms with Gasteiger partial charge < -0.3 is 10.0 Å². The van der Waals surface area contributed by atoms with Gasteiger partial charge in [0.25, 0.3) is 0 Å². The van der Waals surface area contributed by atoms with Crippen molar-refractivity contribution in [1.82, 2.24) is 19.6 Å². The van der Waals surface area contributed by atoms with E-state index in [1.807, 2.05) is 4.90 Å². The number of aromatic carboxylic acids is 1. The molecule has 9 heteroatoms. The molecule has 1 fully saturated rings. The molecule has 1 saturated heterocycles. The molecule has 2 aromatic heterocycles. The predicted octanol–water partition coefficient (Wildman–Crippen LogP) is 2.44. The monoisotopic (exact) mass is 345 g/mol. The Morgan fingerprint density at radius 2 is 2.00 bits per heavy atom. The van der Waals surface area contributed by atoms with Crippen LogP contribution in [0.25, 0.3) is 5.65 Å². The molecule has 1 aromatic carbocycles. The summed E-state index contributed by atoms with van der Waals surface area (Å²) in [7, 11) is 0. The van der Waals surface area contributed by atoms with E-state index in [0.717, 1.165) is 12.5 Å². The number of hydrogen-bond donors (Lipinski definition) is 1. The lowest BCUT2D eigenvalue weighted by atomic mass is 10.0. The molecule has 0 spiro atoms. The number of benzene rings is 1. The number of fused-ring (bicyclic) bond motifs is 1. The van der Waals surface area contributed by atoms with Gasteiger partial charge in [0.2, 0.25) is 5.95 Å². The summed E-state index contributed by atoms with van der Waals surface area (Å²) >= 11 is 0. The fraction of sp³-hybridized carbons (Fsp3) is 0.250. The third-order valence-corrected chi connectivity index (χ3v) is 4.27. The van der Waals surface area contributed by atoms with Crippen molar-refractivity contribution >= 4 is 17.6 Å². The van der Waals surface area contributed by atoms with E-state index in [9.17, 15) is 18.7 Å². The second-order valence-corrected chi connectivity index (χ2v) is 5.84. The number of rotatable bonds is 3. The molecule has 3 aromatic rings. The molecule has 1 atom stereocenters. The van der Waals surface area contributed by atoms with Crippen LogP contribution in [0.3, 0.4) is 0 Å². The molecule has 1 aliphatic rings. The minimum atomic E-state index is -1.13. The number of nitrogens with zero attached hydrogens (tertiary/aromatic N) is 5. The lowest BCUT2D eigenvalue weighted by molar-refractivity contribution is 0.0698. The van der Waals surface area contributed by atoms with Crippen molar-refractivity contribution in [2.24, 2.45) is 0 Å². The van der Waals surface area contributed by atoms with Gasteiger partial charge in [-0.05, 0) is 30.5 Å². The largest absolute Gasteiger partial charge is 0.477 e. The Labute approximate surface area is 140 Å². The Morgan fingerprint density at radius 3 is 2.72 bits per heavy atom. The van der Waals surface area contributed by atoms with Crippen LogP contribution in [0.15, 0.2) is 30.7 Å². The molecule has 7 nitrogen and oxygen atoms in total. The first-order valence-electron chi connectivity index (χ1n) is 7.69. The predicted molar refractivity (Wildman–Crippen MR) is 83.4 cm³/mol. The Bertz CT molecular complexity index is 954. The Balaban J connectivity index is 1.76. The second kappa shape index (κ2) is 5.76. The molecular weight excluding hydrogens is 332 g/mol. The number of carbonyl (C=O) groups is 1. The van der Waals surface area contributed by atoms with E-state index in [1.54, 1.807) is 0 Å². The first-order chi connectivity index (χ1) is 12.0. The second-order valence-electron chi connectivity index (χ2n) is 5.84. The maximum atomic E-state index is 13.6. The average molecular weight is 345 g/mol. The number of anilines is 1. The van der Waals surface area contributed by atoms with Crippen molar-refractivity contribution in [1.29, 1.82) is 0 Å². The number of halogens is 2. The van der Waals surface area contributed by atoms with Crippen LogP contribution < -0.4 is 4.90 Å². The van der Waals surface area contributed by atoms with Crippen molar-refractivity contribution in [2.45, 2.75) is 18.9 Å². The van der Waals surface area contributed by atoms with Crippen LogP contribution in [-0.2, 0) is 0 Å². The molecule has 4 rings (SSSR count). The smallest absolute Gasteiger partial charge is 0.341 e. The van der Waals surface area contributed by atoms with Gasteiger partial charge in [0.1, 0.15) is 23.5 Å². The summed E-state index contributed by atoms with van der Waals surface area (Å²) < 4.78 is 28.4. The Hall–Kier alpha value is -3.10. The SMILES string of the molecule is O=C(O)c1cnn2cnc(N3CCCC3c3cc(F)cc(F)c3)nc12. The molecule has 1 aliphatic heterocycles. The van der Waals surface area contributed by atoms with Gasteiger partial charge in [0, 0.05) is 12.6 Å². The lowest BCUT2D eigenvalue weighted by Crippen LogP contribution is -2.25. The topological polar surface area (TPSA) is 83.6 Å². The maximum absolute atomic E-state index is 13.6. The molecule has 1 N–H and O–H groups in total. The summed E-state index contributed by atoms with van der Waals surface area (Å²) in [6, 6.07) is 3.15. The number of hydrogen-bond acceptors (Lipinski definition) is 5. The highest BCUT2D eigenvalue weighted by Crippen LogP contribution is 2.35. The summed E-state index contributed by atoms with van der Waals surface area (Å²) in [5, 5.41) is 13.1. The molecule has 0 saturated carbocycles. The van der Waals surface area contributed by atoms with Gasteiger partial charge in [-0.2, -0.15) is 10.1 Å². The van der Waals surface area contributed by atoms with E-state index in [1.165, 1.54) is 29.2 Å². The summed E-state index contributed by atoms with van der Waals surface area (Å²) in [4.78, 5) is 21.6. The molecule has 0 bridgehead atoms. The van der Waals surface area contributed by atoms with E-state index in [4.69, 9.17) is 0 Å². The first kappa shape index (κ1) is 15.4. The molecule has 0 amide bonds. The van der Waals surface area contributed by atoms with E-state index >= 15 is 0 Å². The number of carboxylic acids is 1. The minimum absolute atomic E-state index is 0.0313. The first-order valence-corrected chi connectivity index (χ1v) is 7.69. The number of carboxylic acid groups (broad SMARTS) is 1. The molecule has 3 heterocycles.